The molecule has 0 aromatic carbocycles. The molecule has 0 aliphatic rings. The molecule has 0 fully saturated rings. The number of carbonyl (C=O) groups excluding carboxylic acids is 1. The molecule has 0 heterocycles. The van der Waals surface area contributed by atoms with Gasteiger partial charge in [0, 0.05) is 13.1 Å². The van der Waals surface area contributed by atoms with Crippen LogP contribution < -0.4 is 5.32 Å². The number of hydrogen-bond donors (Lipinski definition) is 1. The number of carbonyl (C=O) groups is 1. The SMILES string of the molecule is CCCCCCCC/C=C\CCCCCCCCN(CC)CCNC(=O)C(F)(F)F. The van der Waals surface area contributed by atoms with Gasteiger partial charge in [-0.25, -0.2) is 0 Å². The highest BCUT2D eigenvalue weighted by Crippen LogP contribution is 2.14. The van der Waals surface area contributed by atoms with Gasteiger partial charge in [-0.1, -0.05) is 83.8 Å². The van der Waals surface area contributed by atoms with Crippen LogP contribution in [-0.4, -0.2) is 43.2 Å². The lowest BCUT2D eigenvalue weighted by Crippen LogP contribution is -2.41. The molecule has 0 aromatic rings. The molecule has 0 radical (unpaired) electrons. The Bertz CT molecular complexity index is 425. The average Bonchev–Trinajstić information content (AvgIpc) is 2.71. The molecule has 0 aromatic heterocycles. The topological polar surface area (TPSA) is 32.3 Å². The Labute approximate surface area is 182 Å². The summed E-state index contributed by atoms with van der Waals surface area (Å²) in [5.41, 5.74) is 0. The van der Waals surface area contributed by atoms with Crippen molar-refractivity contribution in [2.75, 3.05) is 26.2 Å². The maximum Gasteiger partial charge on any atom is 0.471 e. The quantitative estimate of drug-likeness (QED) is 0.165. The highest BCUT2D eigenvalue weighted by atomic mass is 19.4. The van der Waals surface area contributed by atoms with Crippen LogP contribution in [0.4, 0.5) is 13.2 Å². The van der Waals surface area contributed by atoms with Crippen LogP contribution >= 0.6 is 0 Å². The van der Waals surface area contributed by atoms with E-state index in [-0.39, 0.29) is 6.54 Å². The number of nitrogens with one attached hydrogen (secondary N) is 1. The van der Waals surface area contributed by atoms with Gasteiger partial charge in [-0.05, 0) is 45.2 Å². The van der Waals surface area contributed by atoms with Gasteiger partial charge in [-0.15, -0.1) is 0 Å². The maximum absolute atomic E-state index is 12.1. The summed E-state index contributed by atoms with van der Waals surface area (Å²) in [6.45, 7) is 6.40. The molecule has 1 amide bonds. The molecule has 0 saturated carbocycles. The van der Waals surface area contributed by atoms with Gasteiger partial charge in [0.05, 0.1) is 0 Å². The smallest absolute Gasteiger partial charge is 0.347 e. The zero-order valence-electron chi connectivity index (χ0n) is 19.4. The van der Waals surface area contributed by atoms with E-state index in [4.69, 9.17) is 0 Å². The largest absolute Gasteiger partial charge is 0.471 e. The summed E-state index contributed by atoms with van der Waals surface area (Å²) in [6, 6.07) is 0. The molecule has 1 N–H and O–H groups in total. The van der Waals surface area contributed by atoms with Crippen LogP contribution in [0.2, 0.25) is 0 Å². The van der Waals surface area contributed by atoms with Crippen molar-refractivity contribution in [3.63, 3.8) is 0 Å². The summed E-state index contributed by atoms with van der Waals surface area (Å²) < 4.78 is 36.4. The Kier molecular flexibility index (Phi) is 19.2. The third-order valence-corrected chi connectivity index (χ3v) is 5.40. The van der Waals surface area contributed by atoms with E-state index in [1.807, 2.05) is 12.2 Å². The summed E-state index contributed by atoms with van der Waals surface area (Å²) in [7, 11) is 0. The Morgan fingerprint density at radius 1 is 0.767 bits per heavy atom. The molecule has 0 spiro atoms. The number of allylic oxidation sites excluding steroid dienone is 2. The van der Waals surface area contributed by atoms with Crippen LogP contribution in [0.3, 0.4) is 0 Å². The van der Waals surface area contributed by atoms with E-state index in [1.165, 1.54) is 77.0 Å². The number of rotatable bonds is 20. The Morgan fingerprint density at radius 3 is 1.77 bits per heavy atom. The fourth-order valence-electron chi connectivity index (χ4n) is 3.44. The zero-order valence-corrected chi connectivity index (χ0v) is 19.4. The number of halogens is 3. The summed E-state index contributed by atoms with van der Waals surface area (Å²) >= 11 is 0. The minimum atomic E-state index is -4.79. The van der Waals surface area contributed by atoms with Crippen LogP contribution in [0.1, 0.15) is 104 Å². The Hall–Kier alpha value is -1.04. The molecule has 0 aliphatic heterocycles. The van der Waals surface area contributed by atoms with Crippen molar-refractivity contribution >= 4 is 5.91 Å². The van der Waals surface area contributed by atoms with Crippen molar-refractivity contribution in [2.24, 2.45) is 0 Å². The molecule has 0 aliphatic carbocycles. The Balaban J connectivity index is 3.44. The normalized spacial score (nSPS) is 12.2. The highest BCUT2D eigenvalue weighted by molar-refractivity contribution is 5.81. The summed E-state index contributed by atoms with van der Waals surface area (Å²) in [6.07, 6.45) is 17.6. The molecule has 0 atom stereocenters. The number of likely N-dealkylation sites (N-methyl/N-ethyl adjacent to an activating group) is 1. The van der Waals surface area contributed by atoms with Gasteiger partial charge in [0.1, 0.15) is 0 Å². The number of hydrogen-bond acceptors (Lipinski definition) is 2. The van der Waals surface area contributed by atoms with Crippen molar-refractivity contribution < 1.29 is 18.0 Å². The first-order valence-electron chi connectivity index (χ1n) is 12.1. The van der Waals surface area contributed by atoms with Crippen molar-refractivity contribution in [1.82, 2.24) is 10.2 Å². The van der Waals surface area contributed by atoms with Gasteiger partial charge in [0.25, 0.3) is 0 Å². The molecular formula is C24H45F3N2O. The highest BCUT2D eigenvalue weighted by Gasteiger charge is 2.38. The van der Waals surface area contributed by atoms with E-state index in [2.05, 4.69) is 24.0 Å². The number of unbranched alkanes of at least 4 members (excludes halogenated alkanes) is 12. The van der Waals surface area contributed by atoms with Gasteiger partial charge in [-0.3, -0.25) is 4.79 Å². The van der Waals surface area contributed by atoms with Gasteiger partial charge >= 0.3 is 12.1 Å². The fraction of sp³-hybridized carbons (Fsp3) is 0.875. The lowest BCUT2D eigenvalue weighted by Gasteiger charge is -2.20. The zero-order chi connectivity index (χ0) is 22.5. The molecule has 3 nitrogen and oxygen atoms in total. The first-order valence-corrected chi connectivity index (χ1v) is 12.1. The van der Waals surface area contributed by atoms with E-state index in [0.29, 0.717) is 6.54 Å². The first-order chi connectivity index (χ1) is 14.4. The standard InChI is InChI=1S/C24H45F3N2O/c1-3-5-6-7-8-9-10-11-12-13-14-15-16-17-18-19-21-29(4-2)22-20-28-23(30)24(25,26)27/h11-12H,3-10,13-22H2,1-2H3,(H,28,30)/b12-11-. The molecular weight excluding hydrogens is 389 g/mol. The molecule has 0 rings (SSSR count). The first kappa shape index (κ1) is 29.0. The summed E-state index contributed by atoms with van der Waals surface area (Å²) in [5.74, 6) is -1.85. The van der Waals surface area contributed by atoms with Gasteiger partial charge in [0.2, 0.25) is 0 Å². The second-order valence-corrected chi connectivity index (χ2v) is 8.13. The lowest BCUT2D eigenvalue weighted by atomic mass is 10.1. The molecule has 0 saturated heterocycles. The summed E-state index contributed by atoms with van der Waals surface area (Å²) in [4.78, 5) is 12.9. The van der Waals surface area contributed by atoms with Crippen LogP contribution in [0.15, 0.2) is 12.2 Å². The lowest BCUT2D eigenvalue weighted by molar-refractivity contribution is -0.173. The van der Waals surface area contributed by atoms with E-state index in [0.717, 1.165) is 25.9 Å². The van der Waals surface area contributed by atoms with Crippen LogP contribution in [0.5, 0.6) is 0 Å². The number of nitrogens with zero attached hydrogens (tertiary/aromatic N) is 1. The molecule has 0 bridgehead atoms. The van der Waals surface area contributed by atoms with Crippen LogP contribution in [-0.2, 0) is 4.79 Å². The van der Waals surface area contributed by atoms with Gasteiger partial charge < -0.3 is 10.2 Å². The van der Waals surface area contributed by atoms with Crippen molar-refractivity contribution in [3.8, 4) is 0 Å². The third kappa shape index (κ3) is 19.0. The Morgan fingerprint density at radius 2 is 1.27 bits per heavy atom. The third-order valence-electron chi connectivity index (χ3n) is 5.40. The predicted molar refractivity (Wildman–Crippen MR) is 121 cm³/mol. The second-order valence-electron chi connectivity index (χ2n) is 8.13. The van der Waals surface area contributed by atoms with E-state index in [1.54, 1.807) is 0 Å². The molecule has 178 valence electrons. The van der Waals surface area contributed by atoms with E-state index < -0.39 is 12.1 Å². The van der Waals surface area contributed by atoms with Crippen LogP contribution in [0.25, 0.3) is 0 Å². The minimum absolute atomic E-state index is 0.0402. The van der Waals surface area contributed by atoms with E-state index >= 15 is 0 Å². The minimum Gasteiger partial charge on any atom is -0.347 e. The molecule has 6 heteroatoms. The number of amides is 1. The van der Waals surface area contributed by atoms with Crippen molar-refractivity contribution in [1.29, 1.82) is 0 Å². The van der Waals surface area contributed by atoms with Crippen molar-refractivity contribution in [2.45, 2.75) is 110 Å². The molecule has 30 heavy (non-hydrogen) atoms. The summed E-state index contributed by atoms with van der Waals surface area (Å²) in [5, 5.41) is 1.93. The average molecular weight is 435 g/mol. The monoisotopic (exact) mass is 434 g/mol. The predicted octanol–water partition coefficient (Wildman–Crippen LogP) is 7.02. The molecule has 0 unspecified atom stereocenters. The number of alkyl halides is 3. The maximum atomic E-state index is 12.1. The second kappa shape index (κ2) is 19.9. The fourth-order valence-corrected chi connectivity index (χ4v) is 3.44. The van der Waals surface area contributed by atoms with Gasteiger partial charge in [-0.2, -0.15) is 13.2 Å². The van der Waals surface area contributed by atoms with Gasteiger partial charge in [0.15, 0.2) is 0 Å². The van der Waals surface area contributed by atoms with Crippen molar-refractivity contribution in [3.05, 3.63) is 12.2 Å². The van der Waals surface area contributed by atoms with E-state index in [9.17, 15) is 18.0 Å². The van der Waals surface area contributed by atoms with Crippen LogP contribution in [0, 0.1) is 0 Å².